The SMILES string of the molecule is COC(=O)c1cn[nH]c1Oc1ccc(Br)cc1. The van der Waals surface area contributed by atoms with Gasteiger partial charge in [0, 0.05) is 4.47 Å². The van der Waals surface area contributed by atoms with Crippen LogP contribution in [0.2, 0.25) is 0 Å². The van der Waals surface area contributed by atoms with E-state index in [0.29, 0.717) is 5.75 Å². The number of hydrogen-bond donors (Lipinski definition) is 1. The number of aromatic amines is 1. The van der Waals surface area contributed by atoms with E-state index in [2.05, 4.69) is 30.9 Å². The van der Waals surface area contributed by atoms with Crippen molar-refractivity contribution in [3.05, 3.63) is 40.5 Å². The zero-order valence-electron chi connectivity index (χ0n) is 8.94. The Labute approximate surface area is 106 Å². The summed E-state index contributed by atoms with van der Waals surface area (Å²) in [5.41, 5.74) is 0.260. The molecule has 1 heterocycles. The monoisotopic (exact) mass is 296 g/mol. The predicted molar refractivity (Wildman–Crippen MR) is 64.1 cm³/mol. The summed E-state index contributed by atoms with van der Waals surface area (Å²) in [6.45, 7) is 0. The maximum absolute atomic E-state index is 11.4. The molecule has 2 aromatic rings. The van der Waals surface area contributed by atoms with Gasteiger partial charge in [0.05, 0.1) is 13.3 Å². The summed E-state index contributed by atoms with van der Waals surface area (Å²) < 4.78 is 11.0. The van der Waals surface area contributed by atoms with E-state index in [-0.39, 0.29) is 11.4 Å². The zero-order chi connectivity index (χ0) is 12.3. The average Bonchev–Trinajstić information content (AvgIpc) is 2.79. The summed E-state index contributed by atoms with van der Waals surface area (Å²) >= 11 is 3.32. The molecule has 0 aliphatic heterocycles. The Balaban J connectivity index is 2.21. The molecule has 0 saturated heterocycles. The number of nitrogens with zero attached hydrogens (tertiary/aromatic N) is 1. The van der Waals surface area contributed by atoms with Gasteiger partial charge in [-0.15, -0.1) is 0 Å². The van der Waals surface area contributed by atoms with Crippen LogP contribution in [0.25, 0.3) is 0 Å². The number of ether oxygens (including phenoxy) is 2. The van der Waals surface area contributed by atoms with Crippen molar-refractivity contribution < 1.29 is 14.3 Å². The zero-order valence-corrected chi connectivity index (χ0v) is 10.5. The van der Waals surface area contributed by atoms with E-state index >= 15 is 0 Å². The molecule has 0 aliphatic rings. The van der Waals surface area contributed by atoms with Gasteiger partial charge in [-0.1, -0.05) is 15.9 Å². The molecule has 17 heavy (non-hydrogen) atoms. The van der Waals surface area contributed by atoms with Crippen molar-refractivity contribution in [2.45, 2.75) is 0 Å². The number of rotatable bonds is 3. The summed E-state index contributed by atoms with van der Waals surface area (Å²) in [7, 11) is 1.30. The number of carbonyl (C=O) groups is 1. The molecule has 0 bridgehead atoms. The Morgan fingerprint density at radius 1 is 1.35 bits per heavy atom. The number of esters is 1. The number of benzene rings is 1. The first kappa shape index (κ1) is 11.7. The summed E-state index contributed by atoms with van der Waals surface area (Å²) in [5, 5.41) is 6.34. The predicted octanol–water partition coefficient (Wildman–Crippen LogP) is 2.75. The van der Waals surface area contributed by atoms with E-state index in [0.717, 1.165) is 4.47 Å². The van der Waals surface area contributed by atoms with Crippen molar-refractivity contribution in [2.75, 3.05) is 7.11 Å². The van der Waals surface area contributed by atoms with Crippen LogP contribution in [0.1, 0.15) is 10.4 Å². The first-order chi connectivity index (χ1) is 8.20. The van der Waals surface area contributed by atoms with Gasteiger partial charge in [-0.3, -0.25) is 0 Å². The van der Waals surface area contributed by atoms with Crippen LogP contribution in [-0.4, -0.2) is 23.3 Å². The van der Waals surface area contributed by atoms with Crippen LogP contribution in [0.4, 0.5) is 0 Å². The smallest absolute Gasteiger partial charge is 0.345 e. The molecular formula is C11H9BrN2O3. The highest BCUT2D eigenvalue weighted by atomic mass is 79.9. The summed E-state index contributed by atoms with van der Waals surface area (Å²) in [4.78, 5) is 11.4. The highest BCUT2D eigenvalue weighted by Crippen LogP contribution is 2.24. The number of halogens is 1. The fourth-order valence-electron chi connectivity index (χ4n) is 1.23. The number of aromatic nitrogens is 2. The third-order valence-electron chi connectivity index (χ3n) is 2.04. The van der Waals surface area contributed by atoms with Crippen LogP contribution in [0.15, 0.2) is 34.9 Å². The van der Waals surface area contributed by atoms with E-state index in [4.69, 9.17) is 4.74 Å². The summed E-state index contributed by atoms with van der Waals surface area (Å²) in [6.07, 6.45) is 1.36. The van der Waals surface area contributed by atoms with Crippen LogP contribution in [-0.2, 0) is 4.74 Å². The van der Waals surface area contributed by atoms with Gasteiger partial charge in [-0.05, 0) is 24.3 Å². The van der Waals surface area contributed by atoms with Crippen molar-refractivity contribution in [1.82, 2.24) is 10.2 Å². The highest BCUT2D eigenvalue weighted by molar-refractivity contribution is 9.10. The van der Waals surface area contributed by atoms with Crippen molar-refractivity contribution >= 4 is 21.9 Å². The second-order valence-electron chi connectivity index (χ2n) is 3.16. The van der Waals surface area contributed by atoms with Crippen molar-refractivity contribution in [3.63, 3.8) is 0 Å². The Kier molecular flexibility index (Phi) is 3.43. The minimum atomic E-state index is -0.495. The Bertz CT molecular complexity index is 522. The number of nitrogens with one attached hydrogen (secondary N) is 1. The molecule has 1 N–H and O–H groups in total. The van der Waals surface area contributed by atoms with E-state index in [1.807, 2.05) is 12.1 Å². The molecule has 0 unspecified atom stereocenters. The summed E-state index contributed by atoms with van der Waals surface area (Å²) in [6, 6.07) is 7.21. The van der Waals surface area contributed by atoms with Gasteiger partial charge in [0.25, 0.3) is 0 Å². The molecule has 5 nitrogen and oxygen atoms in total. The molecule has 1 aromatic heterocycles. The van der Waals surface area contributed by atoms with E-state index in [1.165, 1.54) is 13.3 Å². The molecular weight excluding hydrogens is 288 g/mol. The lowest BCUT2D eigenvalue weighted by molar-refractivity contribution is 0.0598. The molecule has 0 aliphatic carbocycles. The van der Waals surface area contributed by atoms with Gasteiger partial charge >= 0.3 is 5.97 Å². The molecule has 0 fully saturated rings. The van der Waals surface area contributed by atoms with Crippen molar-refractivity contribution in [2.24, 2.45) is 0 Å². The molecule has 88 valence electrons. The lowest BCUT2D eigenvalue weighted by atomic mass is 10.3. The summed E-state index contributed by atoms with van der Waals surface area (Å²) in [5.74, 6) is 0.368. The van der Waals surface area contributed by atoms with Crippen LogP contribution in [0, 0.1) is 0 Å². The largest absolute Gasteiger partial charge is 0.465 e. The normalized spacial score (nSPS) is 10.0. The number of carbonyl (C=O) groups excluding carboxylic acids is 1. The second kappa shape index (κ2) is 5.01. The first-order valence-corrected chi connectivity index (χ1v) is 5.55. The van der Waals surface area contributed by atoms with Gasteiger partial charge in [0.1, 0.15) is 11.3 Å². The fraction of sp³-hybridized carbons (Fsp3) is 0.0909. The second-order valence-corrected chi connectivity index (χ2v) is 4.08. The average molecular weight is 297 g/mol. The quantitative estimate of drug-likeness (QED) is 0.885. The fourth-order valence-corrected chi connectivity index (χ4v) is 1.49. The minimum Gasteiger partial charge on any atom is -0.465 e. The van der Waals surface area contributed by atoms with Crippen LogP contribution < -0.4 is 4.74 Å². The Hall–Kier alpha value is -1.82. The molecule has 0 spiro atoms. The van der Waals surface area contributed by atoms with Gasteiger partial charge in [0.2, 0.25) is 5.88 Å². The lowest BCUT2D eigenvalue weighted by Crippen LogP contribution is -2.01. The number of H-pyrrole nitrogens is 1. The Morgan fingerprint density at radius 2 is 2.06 bits per heavy atom. The molecule has 6 heteroatoms. The minimum absolute atomic E-state index is 0.260. The molecule has 1 aromatic carbocycles. The maximum atomic E-state index is 11.4. The molecule has 0 saturated carbocycles. The third-order valence-corrected chi connectivity index (χ3v) is 2.57. The molecule has 0 amide bonds. The maximum Gasteiger partial charge on any atom is 0.345 e. The Morgan fingerprint density at radius 3 is 2.71 bits per heavy atom. The van der Waals surface area contributed by atoms with Crippen LogP contribution >= 0.6 is 15.9 Å². The third kappa shape index (κ3) is 2.65. The van der Waals surface area contributed by atoms with E-state index in [1.54, 1.807) is 12.1 Å². The van der Waals surface area contributed by atoms with Crippen molar-refractivity contribution in [1.29, 1.82) is 0 Å². The van der Waals surface area contributed by atoms with Crippen LogP contribution in [0.5, 0.6) is 11.6 Å². The molecule has 2 rings (SSSR count). The van der Waals surface area contributed by atoms with Gasteiger partial charge in [-0.25, -0.2) is 9.89 Å². The topological polar surface area (TPSA) is 64.2 Å². The number of methoxy groups -OCH3 is 1. The van der Waals surface area contributed by atoms with E-state index < -0.39 is 5.97 Å². The number of hydrogen-bond acceptors (Lipinski definition) is 4. The first-order valence-electron chi connectivity index (χ1n) is 4.76. The van der Waals surface area contributed by atoms with Gasteiger partial charge < -0.3 is 9.47 Å². The molecule has 0 radical (unpaired) electrons. The van der Waals surface area contributed by atoms with Gasteiger partial charge in [-0.2, -0.15) is 5.10 Å². The highest BCUT2D eigenvalue weighted by Gasteiger charge is 2.15. The standard InChI is InChI=1S/C11H9BrN2O3/c1-16-11(15)9-6-13-14-10(9)17-8-4-2-7(12)3-5-8/h2-6H,1H3,(H,13,14). The van der Waals surface area contributed by atoms with E-state index in [9.17, 15) is 4.79 Å². The van der Waals surface area contributed by atoms with Crippen LogP contribution in [0.3, 0.4) is 0 Å². The molecule has 0 atom stereocenters. The lowest BCUT2D eigenvalue weighted by Gasteiger charge is -2.04. The van der Waals surface area contributed by atoms with Crippen molar-refractivity contribution in [3.8, 4) is 11.6 Å². The van der Waals surface area contributed by atoms with Gasteiger partial charge in [0.15, 0.2) is 0 Å².